The van der Waals surface area contributed by atoms with Gasteiger partial charge in [-0.05, 0) is 62.8 Å². The number of halogens is 1. The second kappa shape index (κ2) is 10.1. The molecule has 2 fully saturated rings. The van der Waals surface area contributed by atoms with Crippen molar-refractivity contribution in [1.82, 2.24) is 19.9 Å². The van der Waals surface area contributed by atoms with Gasteiger partial charge in [-0.3, -0.25) is 0 Å². The van der Waals surface area contributed by atoms with Crippen molar-refractivity contribution in [2.75, 3.05) is 30.4 Å². The van der Waals surface area contributed by atoms with Crippen molar-refractivity contribution in [2.45, 2.75) is 57.9 Å². The lowest BCUT2D eigenvalue weighted by Gasteiger charge is -2.26. The van der Waals surface area contributed by atoms with Gasteiger partial charge in [0.05, 0.1) is 6.20 Å². The molecule has 7 nitrogen and oxygen atoms in total. The largest absolute Gasteiger partial charge is 0.381 e. The van der Waals surface area contributed by atoms with E-state index in [2.05, 4.69) is 37.5 Å². The van der Waals surface area contributed by atoms with Crippen molar-refractivity contribution in [3.63, 3.8) is 0 Å². The van der Waals surface area contributed by atoms with Crippen LogP contribution in [0.4, 0.5) is 16.2 Å². The van der Waals surface area contributed by atoms with E-state index in [1.54, 1.807) is 12.3 Å². The molecule has 1 atom stereocenters. The van der Waals surface area contributed by atoms with Gasteiger partial charge in [-0.2, -0.15) is 0 Å². The van der Waals surface area contributed by atoms with Gasteiger partial charge in [-0.15, -0.1) is 0 Å². The van der Waals surface area contributed by atoms with E-state index in [1.165, 1.54) is 19.0 Å². The highest BCUT2D eigenvalue weighted by Crippen LogP contribution is 2.26. The Balaban J connectivity index is 1.43. The van der Waals surface area contributed by atoms with Crippen molar-refractivity contribution in [2.24, 2.45) is 11.8 Å². The molecular weight excluding hydrogens is 383 g/mol. The predicted octanol–water partition coefficient (Wildman–Crippen LogP) is 4.29. The van der Waals surface area contributed by atoms with E-state index < -0.39 is 5.82 Å². The average Bonchev–Trinajstić information content (AvgIpc) is 3.04. The summed E-state index contributed by atoms with van der Waals surface area (Å²) in [5.74, 6) is 2.18. The molecule has 0 bridgehead atoms. The summed E-state index contributed by atoms with van der Waals surface area (Å²) in [6.45, 7) is 4.75. The third kappa shape index (κ3) is 5.62. The molecule has 2 aromatic heterocycles. The molecule has 0 amide bonds. The number of aromatic nitrogens is 4. The highest BCUT2D eigenvalue weighted by Gasteiger charge is 2.20. The lowest BCUT2D eigenvalue weighted by atomic mass is 9.87. The molecule has 2 N–H and O–H groups in total. The number of rotatable bonds is 6. The Morgan fingerprint density at radius 1 is 1.07 bits per heavy atom. The minimum absolute atomic E-state index is 0.128. The average molecular weight is 415 g/mol. The Morgan fingerprint density at radius 2 is 1.93 bits per heavy atom. The van der Waals surface area contributed by atoms with Crippen LogP contribution in [-0.4, -0.2) is 45.7 Å². The molecule has 1 unspecified atom stereocenters. The molecule has 30 heavy (non-hydrogen) atoms. The summed E-state index contributed by atoms with van der Waals surface area (Å²) in [6, 6.07) is 2.13. The molecule has 8 heteroatoms. The lowest BCUT2D eigenvalue weighted by Crippen LogP contribution is -2.26. The van der Waals surface area contributed by atoms with E-state index in [0.29, 0.717) is 23.7 Å². The molecule has 2 aliphatic rings. The third-order valence-corrected chi connectivity index (χ3v) is 6.10. The molecular formula is C22H31FN6O. The maximum atomic E-state index is 14.5. The Labute approximate surface area is 177 Å². The number of nitrogens with zero attached hydrogens (tertiary/aromatic N) is 4. The quantitative estimate of drug-likeness (QED) is 0.729. The first-order chi connectivity index (χ1) is 14.7. The fourth-order valence-corrected chi connectivity index (χ4v) is 4.18. The van der Waals surface area contributed by atoms with E-state index >= 15 is 0 Å². The Kier molecular flexibility index (Phi) is 7.04. The van der Waals surface area contributed by atoms with Gasteiger partial charge in [0.25, 0.3) is 0 Å². The third-order valence-electron chi connectivity index (χ3n) is 6.10. The number of hydrogen-bond acceptors (Lipinski definition) is 7. The van der Waals surface area contributed by atoms with Gasteiger partial charge in [0.1, 0.15) is 11.5 Å². The highest BCUT2D eigenvalue weighted by molar-refractivity contribution is 5.54. The summed E-state index contributed by atoms with van der Waals surface area (Å²) >= 11 is 0. The van der Waals surface area contributed by atoms with Gasteiger partial charge in [-0.1, -0.05) is 6.92 Å². The van der Waals surface area contributed by atoms with Crippen LogP contribution < -0.4 is 10.6 Å². The van der Waals surface area contributed by atoms with Gasteiger partial charge in [-0.25, -0.2) is 24.3 Å². The van der Waals surface area contributed by atoms with Crippen LogP contribution in [0.3, 0.4) is 0 Å². The van der Waals surface area contributed by atoms with E-state index in [0.717, 1.165) is 57.8 Å². The Morgan fingerprint density at radius 3 is 2.80 bits per heavy atom. The van der Waals surface area contributed by atoms with Crippen LogP contribution in [0, 0.1) is 17.7 Å². The van der Waals surface area contributed by atoms with Crippen molar-refractivity contribution >= 4 is 11.8 Å². The fraction of sp³-hybridized carbons (Fsp3) is 0.636. The van der Waals surface area contributed by atoms with Gasteiger partial charge in [0.2, 0.25) is 5.95 Å². The maximum Gasteiger partial charge on any atom is 0.223 e. The van der Waals surface area contributed by atoms with Crippen LogP contribution in [0.5, 0.6) is 0 Å². The lowest BCUT2D eigenvalue weighted by molar-refractivity contribution is 0.142. The molecule has 0 aromatic carbocycles. The van der Waals surface area contributed by atoms with E-state index in [1.807, 2.05) is 0 Å². The molecule has 0 spiro atoms. The monoisotopic (exact) mass is 414 g/mol. The topological polar surface area (TPSA) is 84.9 Å². The predicted molar refractivity (Wildman–Crippen MR) is 115 cm³/mol. The summed E-state index contributed by atoms with van der Waals surface area (Å²) in [7, 11) is 0. The van der Waals surface area contributed by atoms with Gasteiger partial charge in [0.15, 0.2) is 11.6 Å². The van der Waals surface area contributed by atoms with Gasteiger partial charge < -0.3 is 15.4 Å². The van der Waals surface area contributed by atoms with E-state index in [4.69, 9.17) is 4.74 Å². The maximum absolute atomic E-state index is 14.5. The van der Waals surface area contributed by atoms with Crippen LogP contribution in [-0.2, 0) is 4.74 Å². The van der Waals surface area contributed by atoms with E-state index in [-0.39, 0.29) is 11.5 Å². The zero-order valence-corrected chi connectivity index (χ0v) is 17.6. The van der Waals surface area contributed by atoms with Gasteiger partial charge in [0, 0.05) is 32.0 Å². The number of ether oxygens (including phenoxy) is 1. The standard InChI is InChI=1S/C22H31FN6O/c1-15-4-6-17(7-5-15)27-22-26-14-18(23)20(29-22)21-24-10-8-19(28-21)25-13-16-3-2-11-30-12-9-16/h8,10,14-17H,2-7,9,11-13H2,1H3,(H,24,25,28)(H,26,27,29). The molecule has 1 saturated heterocycles. The normalized spacial score (nSPS) is 24.8. The SMILES string of the molecule is CC1CCC(Nc2ncc(F)c(-c3nccc(NCC4CCCOCC4)n3)n2)CC1. The van der Waals surface area contributed by atoms with Gasteiger partial charge >= 0.3 is 0 Å². The van der Waals surface area contributed by atoms with Crippen LogP contribution in [0.2, 0.25) is 0 Å². The van der Waals surface area contributed by atoms with E-state index in [9.17, 15) is 4.39 Å². The minimum atomic E-state index is -0.518. The molecule has 0 radical (unpaired) electrons. The zero-order chi connectivity index (χ0) is 20.8. The Bertz CT molecular complexity index is 819. The number of anilines is 2. The zero-order valence-electron chi connectivity index (χ0n) is 17.6. The van der Waals surface area contributed by atoms with Crippen LogP contribution >= 0.6 is 0 Å². The summed E-state index contributed by atoms with van der Waals surface area (Å²) < 4.78 is 20.0. The van der Waals surface area contributed by atoms with Crippen molar-refractivity contribution in [3.8, 4) is 11.5 Å². The summed E-state index contributed by atoms with van der Waals surface area (Å²) in [5.41, 5.74) is 0.128. The van der Waals surface area contributed by atoms with Crippen LogP contribution in [0.25, 0.3) is 11.5 Å². The molecule has 1 aliphatic heterocycles. The number of nitrogens with one attached hydrogen (secondary N) is 2. The van der Waals surface area contributed by atoms with Crippen molar-refractivity contribution in [3.05, 3.63) is 24.3 Å². The smallest absolute Gasteiger partial charge is 0.223 e. The molecule has 4 rings (SSSR count). The van der Waals surface area contributed by atoms with Crippen LogP contribution in [0.1, 0.15) is 51.9 Å². The van der Waals surface area contributed by atoms with Crippen molar-refractivity contribution < 1.29 is 9.13 Å². The summed E-state index contributed by atoms with van der Waals surface area (Å²) in [6.07, 6.45) is 10.7. The molecule has 1 saturated carbocycles. The first-order valence-corrected chi connectivity index (χ1v) is 11.1. The molecule has 162 valence electrons. The first kappa shape index (κ1) is 20.9. The summed E-state index contributed by atoms with van der Waals surface area (Å²) in [5, 5.41) is 6.72. The number of hydrogen-bond donors (Lipinski definition) is 2. The highest BCUT2D eigenvalue weighted by atomic mass is 19.1. The second-order valence-electron chi connectivity index (χ2n) is 8.55. The molecule has 2 aromatic rings. The second-order valence-corrected chi connectivity index (χ2v) is 8.55. The fourth-order valence-electron chi connectivity index (χ4n) is 4.18. The van der Waals surface area contributed by atoms with Crippen molar-refractivity contribution in [1.29, 1.82) is 0 Å². The minimum Gasteiger partial charge on any atom is -0.381 e. The Hall–Kier alpha value is -2.35. The molecule has 3 heterocycles. The first-order valence-electron chi connectivity index (χ1n) is 11.1. The molecule has 1 aliphatic carbocycles. The van der Waals surface area contributed by atoms with Crippen LogP contribution in [0.15, 0.2) is 18.5 Å². The summed E-state index contributed by atoms with van der Waals surface area (Å²) in [4.78, 5) is 17.3.